The van der Waals surface area contributed by atoms with Crippen LogP contribution in [0.1, 0.15) is 48.7 Å². The number of carbonyl (C=O) groups is 2. The van der Waals surface area contributed by atoms with Crippen molar-refractivity contribution in [2.45, 2.75) is 25.8 Å². The van der Waals surface area contributed by atoms with Crippen LogP contribution in [0.3, 0.4) is 0 Å². The van der Waals surface area contributed by atoms with Crippen molar-refractivity contribution in [3.8, 4) is 0 Å². The standard InChI is InChI=1S/C18H19ClFN3O2.H2/c1-2-14(23-9-7-15(21)24)12-5-6-13(19)16(17(12)20)18(25)11-4-3-8-22-10-11;/h3-6,8,10,14,23H,2,7,9H2,1H3,(H2,21,24);1H/t14-;/m1./s1. The second kappa shape index (κ2) is 8.69. The summed E-state index contributed by atoms with van der Waals surface area (Å²) in [6.45, 7) is 2.19. The van der Waals surface area contributed by atoms with E-state index in [0.29, 0.717) is 18.5 Å². The smallest absolute Gasteiger partial charge is 0.218 e. The molecule has 2 aromatic rings. The van der Waals surface area contributed by atoms with E-state index in [4.69, 9.17) is 17.3 Å². The summed E-state index contributed by atoms with van der Waals surface area (Å²) in [5.41, 5.74) is 5.52. The number of amides is 1. The van der Waals surface area contributed by atoms with Crippen LogP contribution in [0.2, 0.25) is 5.02 Å². The number of ketones is 1. The molecule has 1 aromatic heterocycles. The Morgan fingerprint density at radius 2 is 2.16 bits per heavy atom. The first kappa shape index (κ1) is 19.0. The van der Waals surface area contributed by atoms with Crippen LogP contribution in [0, 0.1) is 5.82 Å². The highest BCUT2D eigenvalue weighted by molar-refractivity contribution is 6.35. The quantitative estimate of drug-likeness (QED) is 0.703. The van der Waals surface area contributed by atoms with E-state index >= 15 is 4.39 Å². The molecular formula is C18H21ClFN3O2. The van der Waals surface area contributed by atoms with E-state index in [0.717, 1.165) is 0 Å². The SMILES string of the molecule is CC[C@@H](NCCC(N)=O)c1ccc(Cl)c(C(=O)c2cccnc2)c1F.[HH]. The molecule has 1 aromatic carbocycles. The first-order chi connectivity index (χ1) is 12.0. The molecule has 5 nitrogen and oxygen atoms in total. The van der Waals surface area contributed by atoms with E-state index < -0.39 is 17.5 Å². The van der Waals surface area contributed by atoms with Gasteiger partial charge >= 0.3 is 0 Å². The molecule has 1 amide bonds. The van der Waals surface area contributed by atoms with Gasteiger partial charge in [-0.05, 0) is 24.6 Å². The van der Waals surface area contributed by atoms with Crippen molar-refractivity contribution in [3.05, 3.63) is 64.2 Å². The van der Waals surface area contributed by atoms with Gasteiger partial charge in [0.25, 0.3) is 0 Å². The fourth-order valence-electron chi connectivity index (χ4n) is 2.53. The van der Waals surface area contributed by atoms with E-state index in [1.807, 2.05) is 6.92 Å². The number of rotatable bonds is 8. The molecule has 7 heteroatoms. The van der Waals surface area contributed by atoms with Crippen LogP contribution in [-0.4, -0.2) is 23.2 Å². The topological polar surface area (TPSA) is 85.1 Å². The number of primary amides is 1. The zero-order valence-corrected chi connectivity index (χ0v) is 14.5. The molecule has 25 heavy (non-hydrogen) atoms. The third-order valence-electron chi connectivity index (χ3n) is 3.82. The largest absolute Gasteiger partial charge is 0.370 e. The van der Waals surface area contributed by atoms with Crippen molar-refractivity contribution in [2.24, 2.45) is 5.73 Å². The number of nitrogens with one attached hydrogen (secondary N) is 1. The number of benzene rings is 1. The number of carbonyl (C=O) groups excluding carboxylic acids is 2. The van der Waals surface area contributed by atoms with E-state index in [1.165, 1.54) is 18.5 Å². The number of pyridine rings is 1. The van der Waals surface area contributed by atoms with Gasteiger partial charge < -0.3 is 11.1 Å². The molecule has 0 spiro atoms. The minimum atomic E-state index is -0.667. The maximum Gasteiger partial charge on any atom is 0.218 e. The zero-order valence-electron chi connectivity index (χ0n) is 13.8. The molecule has 0 radical (unpaired) electrons. The predicted molar refractivity (Wildman–Crippen MR) is 96.0 cm³/mol. The van der Waals surface area contributed by atoms with Crippen LogP contribution in [-0.2, 0) is 4.79 Å². The Morgan fingerprint density at radius 1 is 1.40 bits per heavy atom. The second-order valence-electron chi connectivity index (χ2n) is 5.53. The number of hydrogen-bond donors (Lipinski definition) is 2. The van der Waals surface area contributed by atoms with Gasteiger partial charge in [0, 0.05) is 44.0 Å². The van der Waals surface area contributed by atoms with Gasteiger partial charge in [-0.15, -0.1) is 0 Å². The summed E-state index contributed by atoms with van der Waals surface area (Å²) in [4.78, 5) is 27.3. The maximum absolute atomic E-state index is 15.0. The lowest BCUT2D eigenvalue weighted by Crippen LogP contribution is -2.27. The number of hydrogen-bond acceptors (Lipinski definition) is 4. The van der Waals surface area contributed by atoms with Gasteiger partial charge in [0.2, 0.25) is 5.91 Å². The maximum atomic E-state index is 15.0. The monoisotopic (exact) mass is 365 g/mol. The van der Waals surface area contributed by atoms with Gasteiger partial charge in [-0.1, -0.05) is 24.6 Å². The minimum absolute atomic E-state index is 0. The molecule has 0 bridgehead atoms. The summed E-state index contributed by atoms with van der Waals surface area (Å²) in [5.74, 6) is -1.63. The second-order valence-corrected chi connectivity index (χ2v) is 5.93. The van der Waals surface area contributed by atoms with Crippen LogP contribution in [0.5, 0.6) is 0 Å². The van der Waals surface area contributed by atoms with E-state index in [2.05, 4.69) is 10.3 Å². The molecule has 0 unspecified atom stereocenters. The summed E-state index contributed by atoms with van der Waals surface area (Å²) in [7, 11) is 0. The van der Waals surface area contributed by atoms with Crippen LogP contribution < -0.4 is 11.1 Å². The molecule has 2 rings (SSSR count). The first-order valence-electron chi connectivity index (χ1n) is 7.90. The average Bonchev–Trinajstić information content (AvgIpc) is 2.60. The van der Waals surface area contributed by atoms with Gasteiger partial charge in [-0.2, -0.15) is 0 Å². The zero-order chi connectivity index (χ0) is 18.4. The van der Waals surface area contributed by atoms with E-state index in [-0.39, 0.29) is 30.0 Å². The van der Waals surface area contributed by atoms with Gasteiger partial charge in [-0.3, -0.25) is 14.6 Å². The molecule has 0 fully saturated rings. The summed E-state index contributed by atoms with van der Waals surface area (Å²) in [5, 5.41) is 3.12. The summed E-state index contributed by atoms with van der Waals surface area (Å²) in [6, 6.07) is 5.84. The number of aromatic nitrogens is 1. The third kappa shape index (κ3) is 4.61. The number of halogens is 2. The van der Waals surface area contributed by atoms with Crippen molar-refractivity contribution in [3.63, 3.8) is 0 Å². The molecule has 0 aliphatic rings. The Hall–Kier alpha value is -2.31. The molecule has 1 heterocycles. The number of nitrogens with two attached hydrogens (primary N) is 1. The molecule has 0 aliphatic carbocycles. The van der Waals surface area contributed by atoms with Crippen LogP contribution >= 0.6 is 11.6 Å². The van der Waals surface area contributed by atoms with Gasteiger partial charge in [-0.25, -0.2) is 4.39 Å². The van der Waals surface area contributed by atoms with Crippen molar-refractivity contribution in [1.82, 2.24) is 10.3 Å². The Balaban J connectivity index is 0.00000338. The molecule has 0 aliphatic heterocycles. The highest BCUT2D eigenvalue weighted by Gasteiger charge is 2.24. The van der Waals surface area contributed by atoms with Crippen molar-refractivity contribution in [2.75, 3.05) is 6.54 Å². The van der Waals surface area contributed by atoms with Gasteiger partial charge in [0.05, 0.1) is 10.6 Å². The van der Waals surface area contributed by atoms with Crippen LogP contribution in [0.25, 0.3) is 0 Å². The Morgan fingerprint density at radius 3 is 2.76 bits per heavy atom. The minimum Gasteiger partial charge on any atom is -0.370 e. The van der Waals surface area contributed by atoms with Gasteiger partial charge in [0.15, 0.2) is 5.78 Å². The molecule has 0 saturated carbocycles. The fraction of sp³-hybridized carbons (Fsp3) is 0.278. The summed E-state index contributed by atoms with van der Waals surface area (Å²) in [6.07, 6.45) is 3.61. The summed E-state index contributed by atoms with van der Waals surface area (Å²) >= 11 is 6.08. The lowest BCUT2D eigenvalue weighted by molar-refractivity contribution is -0.117. The molecular weight excluding hydrogens is 345 g/mol. The summed E-state index contributed by atoms with van der Waals surface area (Å²) < 4.78 is 15.0. The predicted octanol–water partition coefficient (Wildman–Crippen LogP) is 3.27. The van der Waals surface area contributed by atoms with E-state index in [1.54, 1.807) is 18.2 Å². The molecule has 3 N–H and O–H groups in total. The van der Waals surface area contributed by atoms with Crippen LogP contribution in [0.4, 0.5) is 4.39 Å². The molecule has 1 atom stereocenters. The third-order valence-corrected chi connectivity index (χ3v) is 4.13. The molecule has 134 valence electrons. The van der Waals surface area contributed by atoms with Crippen molar-refractivity contribution < 1.29 is 15.4 Å². The van der Waals surface area contributed by atoms with Crippen molar-refractivity contribution in [1.29, 1.82) is 0 Å². The fourth-order valence-corrected chi connectivity index (χ4v) is 2.76. The Bertz CT molecular complexity index is 775. The highest BCUT2D eigenvalue weighted by Crippen LogP contribution is 2.29. The van der Waals surface area contributed by atoms with Crippen LogP contribution in [0.15, 0.2) is 36.7 Å². The molecule has 0 saturated heterocycles. The lowest BCUT2D eigenvalue weighted by atomic mass is 9.96. The van der Waals surface area contributed by atoms with Gasteiger partial charge in [0.1, 0.15) is 5.82 Å². The highest BCUT2D eigenvalue weighted by atomic mass is 35.5. The Kier molecular flexibility index (Phi) is 6.61. The first-order valence-corrected chi connectivity index (χ1v) is 8.27. The van der Waals surface area contributed by atoms with Crippen molar-refractivity contribution >= 4 is 23.3 Å². The Labute approximate surface area is 151 Å². The van der Waals surface area contributed by atoms with E-state index in [9.17, 15) is 9.59 Å². The average molecular weight is 366 g/mol. The number of nitrogens with zero attached hydrogens (tertiary/aromatic N) is 1. The normalized spacial score (nSPS) is 12.0. The lowest BCUT2D eigenvalue weighted by Gasteiger charge is -2.19.